The molecule has 2 heterocycles. The Labute approximate surface area is 395 Å². The summed E-state index contributed by atoms with van der Waals surface area (Å²) in [6.45, 7) is 2.54. The molecule has 0 bridgehead atoms. The molecule has 0 aromatic carbocycles. The number of rotatable bonds is 39. The van der Waals surface area contributed by atoms with Gasteiger partial charge in [-0.25, -0.2) is 0 Å². The minimum atomic E-state index is -1.77. The highest BCUT2D eigenvalue weighted by Crippen LogP contribution is 2.26. The van der Waals surface area contributed by atoms with Crippen molar-refractivity contribution in [2.75, 3.05) is 26.4 Å². The molecule has 11 atom stereocenters. The number of aliphatic hydroxyl groups is 7. The van der Waals surface area contributed by atoms with Crippen LogP contribution < -0.4 is 0 Å². The lowest BCUT2D eigenvalue weighted by atomic mass is 9.98. The van der Waals surface area contributed by atoms with Crippen LogP contribution in [0.5, 0.6) is 0 Å². The van der Waals surface area contributed by atoms with Crippen molar-refractivity contribution < 1.29 is 73.8 Å². The third-order valence-corrected chi connectivity index (χ3v) is 12.2. The second kappa shape index (κ2) is 38.6. The van der Waals surface area contributed by atoms with Crippen LogP contribution in [0.15, 0.2) is 30.0 Å². The maximum absolute atomic E-state index is 13.0. The molecule has 2 aliphatic heterocycles. The normalized spacial score (nSPS) is 26.0. The molecular formula is C51H90O15. The van der Waals surface area contributed by atoms with Crippen LogP contribution in [-0.2, 0) is 38.0 Å². The molecule has 4 unspecified atom stereocenters. The van der Waals surface area contributed by atoms with Gasteiger partial charge in [-0.15, -0.1) is 5.73 Å². The van der Waals surface area contributed by atoms with E-state index < -0.39 is 92.7 Å². The van der Waals surface area contributed by atoms with Crippen LogP contribution in [-0.4, -0.2) is 142 Å². The number of hydrogen-bond acceptors (Lipinski definition) is 15. The second-order valence-electron chi connectivity index (χ2n) is 18.1. The first-order valence-electron chi connectivity index (χ1n) is 25.7. The summed E-state index contributed by atoms with van der Waals surface area (Å²) in [6, 6.07) is 0. The molecule has 0 saturated carbocycles. The molecule has 384 valence electrons. The number of carbonyl (C=O) groups is 2. The quantitative estimate of drug-likeness (QED) is 0.0144. The van der Waals surface area contributed by atoms with Gasteiger partial charge < -0.3 is 64.2 Å². The molecule has 15 heteroatoms. The zero-order valence-corrected chi connectivity index (χ0v) is 40.5. The van der Waals surface area contributed by atoms with Crippen molar-refractivity contribution in [2.24, 2.45) is 0 Å². The third kappa shape index (κ3) is 26.5. The van der Waals surface area contributed by atoms with Gasteiger partial charge in [0.05, 0.1) is 19.8 Å². The van der Waals surface area contributed by atoms with Gasteiger partial charge in [-0.05, 0) is 76.4 Å². The van der Waals surface area contributed by atoms with E-state index in [0.717, 1.165) is 70.6 Å². The lowest BCUT2D eigenvalue weighted by Gasteiger charge is -2.42. The summed E-state index contributed by atoms with van der Waals surface area (Å²) >= 11 is 0. The van der Waals surface area contributed by atoms with Gasteiger partial charge in [-0.1, -0.05) is 122 Å². The molecule has 0 aromatic rings. The predicted molar refractivity (Wildman–Crippen MR) is 251 cm³/mol. The zero-order valence-electron chi connectivity index (χ0n) is 40.5. The Balaban J connectivity index is 1.83. The number of aliphatic hydroxyl groups excluding tert-OH is 7. The molecule has 0 radical (unpaired) electrons. The first-order chi connectivity index (χ1) is 32.0. The van der Waals surface area contributed by atoms with E-state index in [0.29, 0.717) is 12.8 Å². The van der Waals surface area contributed by atoms with Crippen LogP contribution >= 0.6 is 0 Å². The van der Waals surface area contributed by atoms with Crippen molar-refractivity contribution in [3.8, 4) is 0 Å². The van der Waals surface area contributed by atoms with Crippen LogP contribution in [0.1, 0.15) is 187 Å². The number of esters is 2. The average molecular weight is 943 g/mol. The Hall–Kier alpha value is -2.24. The van der Waals surface area contributed by atoms with Crippen molar-refractivity contribution >= 4 is 11.9 Å². The molecule has 2 aliphatic rings. The van der Waals surface area contributed by atoms with E-state index in [1.54, 1.807) is 0 Å². The lowest BCUT2D eigenvalue weighted by Crippen LogP contribution is -2.61. The Kier molecular flexibility index (Phi) is 35.0. The number of allylic oxidation sites excluding steroid dienone is 3. The summed E-state index contributed by atoms with van der Waals surface area (Å²) in [7, 11) is 0. The maximum Gasteiger partial charge on any atom is 0.306 e. The Morgan fingerprint density at radius 2 is 0.955 bits per heavy atom. The van der Waals surface area contributed by atoms with E-state index in [1.165, 1.54) is 77.0 Å². The van der Waals surface area contributed by atoms with E-state index in [1.807, 2.05) is 0 Å². The zero-order chi connectivity index (χ0) is 48.2. The highest BCUT2D eigenvalue weighted by atomic mass is 16.7. The smallest absolute Gasteiger partial charge is 0.306 e. The minimum Gasteiger partial charge on any atom is -0.462 e. The molecule has 0 amide bonds. The molecule has 0 spiro atoms. The summed E-state index contributed by atoms with van der Waals surface area (Å²) in [5.74, 6) is -0.949. The summed E-state index contributed by atoms with van der Waals surface area (Å²) in [4.78, 5) is 25.7. The third-order valence-electron chi connectivity index (χ3n) is 12.2. The van der Waals surface area contributed by atoms with Crippen molar-refractivity contribution in [1.82, 2.24) is 0 Å². The number of carbonyl (C=O) groups excluding carboxylic acids is 2. The summed E-state index contributed by atoms with van der Waals surface area (Å²) in [6.07, 6.45) is 19.8. The SMILES string of the molecule is CCCCCC/C=C/CCCCCCCCCC(=O)O[C@H](COC(=O)CCCCCCCC=C=CCCCCCCC)CO[C@@H]1O[C@H](CO[C@@H]2O[C@H](CO)[C@H](O)C(O)C2O)[C@H](O)C(O)C1O. The molecule has 0 aliphatic carbocycles. The van der Waals surface area contributed by atoms with Crippen LogP contribution in [0.25, 0.3) is 0 Å². The molecule has 2 saturated heterocycles. The van der Waals surface area contributed by atoms with E-state index in [-0.39, 0.29) is 26.1 Å². The summed E-state index contributed by atoms with van der Waals surface area (Å²) in [5.41, 5.74) is 3.29. The summed E-state index contributed by atoms with van der Waals surface area (Å²) < 4.78 is 33.5. The Bertz CT molecular complexity index is 1310. The number of unbranched alkanes of at least 4 members (excludes halogenated alkanes) is 21. The molecular weight excluding hydrogens is 853 g/mol. The molecule has 7 N–H and O–H groups in total. The van der Waals surface area contributed by atoms with Gasteiger partial charge in [0.2, 0.25) is 0 Å². The lowest BCUT2D eigenvalue weighted by molar-refractivity contribution is -0.332. The van der Waals surface area contributed by atoms with Gasteiger partial charge in [0.25, 0.3) is 0 Å². The molecule has 66 heavy (non-hydrogen) atoms. The minimum absolute atomic E-state index is 0.156. The van der Waals surface area contributed by atoms with Crippen molar-refractivity contribution in [1.29, 1.82) is 0 Å². The standard InChI is InChI=1S/C51H90O15/c1-3-5-7-9-11-13-15-17-19-21-23-25-27-29-31-33-42(53)61-36-39(64-43(54)34-32-30-28-26-24-22-20-18-16-14-12-10-8-6-4-2)37-62-50-49(60)47(58)45(56)41(66-50)38-63-51-48(59)46(57)44(55)40(35-52)65-51/h14-16,19,39-41,44-52,55-60H,3-13,18,20-38H2,1-2H3/b16-14+/t17?,39-,40-,41-,44+,45+,46?,47?,48?,49?,50-,51-/m1/s1. The number of hydrogen-bond donors (Lipinski definition) is 7. The van der Waals surface area contributed by atoms with Gasteiger partial charge in [0.1, 0.15) is 55.4 Å². The van der Waals surface area contributed by atoms with Gasteiger partial charge in [0.15, 0.2) is 18.7 Å². The summed E-state index contributed by atoms with van der Waals surface area (Å²) in [5, 5.41) is 72.0. The second-order valence-corrected chi connectivity index (χ2v) is 18.1. The fourth-order valence-corrected chi connectivity index (χ4v) is 7.89. The van der Waals surface area contributed by atoms with E-state index in [4.69, 9.17) is 28.4 Å². The van der Waals surface area contributed by atoms with Crippen LogP contribution in [0.4, 0.5) is 0 Å². The molecule has 2 fully saturated rings. The van der Waals surface area contributed by atoms with Crippen molar-refractivity contribution in [2.45, 2.75) is 255 Å². The first-order valence-corrected chi connectivity index (χ1v) is 25.7. The first kappa shape index (κ1) is 59.9. The highest BCUT2D eigenvalue weighted by Gasteiger charge is 2.47. The number of ether oxygens (including phenoxy) is 6. The van der Waals surface area contributed by atoms with E-state index >= 15 is 0 Å². The van der Waals surface area contributed by atoms with E-state index in [2.05, 4.69) is 43.9 Å². The Morgan fingerprint density at radius 3 is 1.50 bits per heavy atom. The van der Waals surface area contributed by atoms with Gasteiger partial charge in [0, 0.05) is 12.8 Å². The fourth-order valence-electron chi connectivity index (χ4n) is 7.89. The topological polar surface area (TPSA) is 231 Å². The van der Waals surface area contributed by atoms with Crippen molar-refractivity contribution in [3.63, 3.8) is 0 Å². The largest absolute Gasteiger partial charge is 0.462 e. The Morgan fingerprint density at radius 1 is 0.515 bits per heavy atom. The van der Waals surface area contributed by atoms with Crippen LogP contribution in [0.2, 0.25) is 0 Å². The van der Waals surface area contributed by atoms with Gasteiger partial charge >= 0.3 is 11.9 Å². The van der Waals surface area contributed by atoms with Gasteiger partial charge in [-0.2, -0.15) is 0 Å². The van der Waals surface area contributed by atoms with Crippen LogP contribution in [0.3, 0.4) is 0 Å². The van der Waals surface area contributed by atoms with Crippen LogP contribution in [0, 0.1) is 0 Å². The predicted octanol–water partition coefficient (Wildman–Crippen LogP) is 6.92. The van der Waals surface area contributed by atoms with Gasteiger partial charge in [-0.3, -0.25) is 9.59 Å². The highest BCUT2D eigenvalue weighted by molar-refractivity contribution is 5.70. The fraction of sp³-hybridized carbons (Fsp3) is 0.863. The van der Waals surface area contributed by atoms with Crippen molar-refractivity contribution in [3.05, 3.63) is 30.0 Å². The van der Waals surface area contributed by atoms with E-state index in [9.17, 15) is 45.3 Å². The molecule has 15 nitrogen and oxygen atoms in total. The maximum atomic E-state index is 13.0. The molecule has 0 aromatic heterocycles. The monoisotopic (exact) mass is 943 g/mol. The average Bonchev–Trinajstić information content (AvgIpc) is 3.31. The molecule has 2 rings (SSSR count).